The lowest BCUT2D eigenvalue weighted by atomic mass is 10.1. The minimum atomic E-state index is 0. The number of nitrogens with one attached hydrogen (secondary N) is 2. The summed E-state index contributed by atoms with van der Waals surface area (Å²) in [5.41, 5.74) is 2.35. The number of halogens is 1. The molecule has 5 nitrogen and oxygen atoms in total. The molecular formula is C17H25IN4OS. The predicted molar refractivity (Wildman–Crippen MR) is 111 cm³/mol. The number of ether oxygens (including phenoxy) is 1. The fourth-order valence-electron chi connectivity index (χ4n) is 2.16. The van der Waals surface area contributed by atoms with Gasteiger partial charge < -0.3 is 15.4 Å². The number of guanidine groups is 1. The van der Waals surface area contributed by atoms with Crippen LogP contribution in [0.3, 0.4) is 0 Å². The molecule has 0 bridgehead atoms. The van der Waals surface area contributed by atoms with Gasteiger partial charge in [0.25, 0.3) is 0 Å². The average Bonchev–Trinajstić information content (AvgIpc) is 2.97. The number of hydrogen-bond donors (Lipinski definition) is 2. The van der Waals surface area contributed by atoms with Gasteiger partial charge in [-0.05, 0) is 25.0 Å². The van der Waals surface area contributed by atoms with Crippen LogP contribution in [0.2, 0.25) is 0 Å². The summed E-state index contributed by atoms with van der Waals surface area (Å²) in [4.78, 5) is 10.2. The van der Waals surface area contributed by atoms with E-state index in [1.54, 1.807) is 18.4 Å². The quantitative estimate of drug-likeness (QED) is 0.378. The molecule has 7 heteroatoms. The number of nitrogens with zero attached hydrogens (tertiary/aromatic N) is 2. The highest BCUT2D eigenvalue weighted by Crippen LogP contribution is 2.12. The topological polar surface area (TPSA) is 58.5 Å². The molecule has 0 fully saturated rings. The molecule has 0 saturated heterocycles. The van der Waals surface area contributed by atoms with Gasteiger partial charge in [-0.25, -0.2) is 9.98 Å². The van der Waals surface area contributed by atoms with Crippen LogP contribution < -0.4 is 10.6 Å². The van der Waals surface area contributed by atoms with Crippen molar-refractivity contribution < 1.29 is 4.74 Å². The number of benzene rings is 1. The van der Waals surface area contributed by atoms with E-state index in [1.807, 2.05) is 18.3 Å². The Hall–Kier alpha value is -1.19. The van der Waals surface area contributed by atoms with Crippen molar-refractivity contribution in [2.75, 3.05) is 13.7 Å². The lowest BCUT2D eigenvalue weighted by Crippen LogP contribution is -2.36. The van der Waals surface area contributed by atoms with Gasteiger partial charge in [0.15, 0.2) is 5.96 Å². The fourth-order valence-corrected chi connectivity index (χ4v) is 2.88. The molecule has 1 aromatic carbocycles. The summed E-state index contributed by atoms with van der Waals surface area (Å²) in [7, 11) is 1.71. The Bertz CT molecular complexity index is 645. The monoisotopic (exact) mass is 460 g/mol. The molecule has 0 aliphatic rings. The Labute approximate surface area is 165 Å². The van der Waals surface area contributed by atoms with Gasteiger partial charge in [-0.2, -0.15) is 0 Å². The summed E-state index contributed by atoms with van der Waals surface area (Å²) in [6, 6.07) is 8.22. The van der Waals surface area contributed by atoms with Crippen molar-refractivity contribution in [3.8, 4) is 0 Å². The van der Waals surface area contributed by atoms with Gasteiger partial charge >= 0.3 is 0 Å². The molecule has 0 amide bonds. The van der Waals surface area contributed by atoms with E-state index in [0.717, 1.165) is 17.5 Å². The van der Waals surface area contributed by atoms with E-state index < -0.39 is 0 Å². The molecule has 0 aliphatic heterocycles. The van der Waals surface area contributed by atoms with Gasteiger partial charge in [0.05, 0.1) is 19.7 Å². The number of methoxy groups -OCH3 is 1. The van der Waals surface area contributed by atoms with Crippen LogP contribution in [-0.4, -0.2) is 24.6 Å². The van der Waals surface area contributed by atoms with Crippen molar-refractivity contribution in [2.24, 2.45) is 4.99 Å². The van der Waals surface area contributed by atoms with Gasteiger partial charge in [0.2, 0.25) is 0 Å². The van der Waals surface area contributed by atoms with Crippen molar-refractivity contribution in [3.05, 3.63) is 51.5 Å². The van der Waals surface area contributed by atoms with E-state index in [2.05, 4.69) is 46.6 Å². The summed E-state index contributed by atoms with van der Waals surface area (Å²) < 4.78 is 5.24. The van der Waals surface area contributed by atoms with Crippen molar-refractivity contribution in [2.45, 2.75) is 33.5 Å². The van der Waals surface area contributed by atoms with E-state index >= 15 is 0 Å². The summed E-state index contributed by atoms with van der Waals surface area (Å²) >= 11 is 1.70. The van der Waals surface area contributed by atoms with Crippen LogP contribution in [0.1, 0.15) is 27.9 Å². The SMILES string of the molecule is CCNC(=NCc1ccccc1COC)NCc1ncc(C)s1.I. The van der Waals surface area contributed by atoms with E-state index in [9.17, 15) is 0 Å². The molecule has 2 N–H and O–H groups in total. The Kier molecular flexibility index (Phi) is 9.89. The third kappa shape index (κ3) is 6.74. The molecule has 0 saturated carbocycles. The van der Waals surface area contributed by atoms with Crippen molar-refractivity contribution in [1.82, 2.24) is 15.6 Å². The number of rotatable bonds is 7. The van der Waals surface area contributed by atoms with Crippen LogP contribution in [0.15, 0.2) is 35.5 Å². The maximum atomic E-state index is 5.24. The summed E-state index contributed by atoms with van der Waals surface area (Å²) in [6.07, 6.45) is 1.90. The standard InChI is InChI=1S/C17H24N4OS.HI/c1-4-18-17(21-11-16-19-9-13(2)23-16)20-10-14-7-5-6-8-15(14)12-22-3;/h5-9H,4,10-12H2,1-3H3,(H2,18,20,21);1H. The summed E-state index contributed by atoms with van der Waals surface area (Å²) in [5.74, 6) is 0.799. The number of aliphatic imine (C=N–C) groups is 1. The predicted octanol–water partition coefficient (Wildman–Crippen LogP) is 3.47. The zero-order chi connectivity index (χ0) is 16.5. The molecule has 0 unspecified atom stereocenters. The van der Waals surface area contributed by atoms with Crippen molar-refractivity contribution in [1.29, 1.82) is 0 Å². The van der Waals surface area contributed by atoms with Crippen molar-refractivity contribution >= 4 is 41.3 Å². The Morgan fingerprint density at radius 1 is 1.25 bits per heavy atom. The second kappa shape index (κ2) is 11.4. The maximum Gasteiger partial charge on any atom is 0.191 e. The Morgan fingerprint density at radius 3 is 2.62 bits per heavy atom. The van der Waals surface area contributed by atoms with E-state index in [-0.39, 0.29) is 24.0 Å². The minimum Gasteiger partial charge on any atom is -0.380 e. The molecule has 132 valence electrons. The normalized spacial score (nSPS) is 11.0. The molecular weight excluding hydrogens is 435 g/mol. The smallest absolute Gasteiger partial charge is 0.191 e. The molecule has 1 aromatic heterocycles. The Morgan fingerprint density at radius 2 is 2.00 bits per heavy atom. The van der Waals surface area contributed by atoms with Crippen LogP contribution in [0.5, 0.6) is 0 Å². The summed E-state index contributed by atoms with van der Waals surface area (Å²) in [5, 5.41) is 7.66. The molecule has 1 heterocycles. The van der Waals surface area contributed by atoms with Crippen LogP contribution in [0.25, 0.3) is 0 Å². The highest BCUT2D eigenvalue weighted by atomic mass is 127. The van der Waals surface area contributed by atoms with Crippen LogP contribution in [-0.2, 0) is 24.4 Å². The lowest BCUT2D eigenvalue weighted by molar-refractivity contribution is 0.184. The largest absolute Gasteiger partial charge is 0.380 e. The first-order valence-corrected chi connectivity index (χ1v) is 8.53. The van der Waals surface area contributed by atoms with Crippen molar-refractivity contribution in [3.63, 3.8) is 0 Å². The second-order valence-corrected chi connectivity index (χ2v) is 6.43. The van der Waals surface area contributed by atoms with Gasteiger partial charge in [-0.3, -0.25) is 0 Å². The van der Waals surface area contributed by atoms with E-state index in [1.165, 1.54) is 16.0 Å². The lowest BCUT2D eigenvalue weighted by Gasteiger charge is -2.11. The van der Waals surface area contributed by atoms with Crippen LogP contribution >= 0.6 is 35.3 Å². The highest BCUT2D eigenvalue weighted by Gasteiger charge is 2.04. The van der Waals surface area contributed by atoms with Crippen LogP contribution in [0.4, 0.5) is 0 Å². The molecule has 2 rings (SSSR count). The molecule has 0 radical (unpaired) electrons. The molecule has 24 heavy (non-hydrogen) atoms. The minimum absolute atomic E-state index is 0. The number of hydrogen-bond acceptors (Lipinski definition) is 4. The van der Waals surface area contributed by atoms with E-state index in [0.29, 0.717) is 19.7 Å². The van der Waals surface area contributed by atoms with E-state index in [4.69, 9.17) is 4.74 Å². The van der Waals surface area contributed by atoms with Gasteiger partial charge in [0, 0.05) is 24.7 Å². The number of aryl methyl sites for hydroxylation is 1. The fraction of sp³-hybridized carbons (Fsp3) is 0.412. The van der Waals surface area contributed by atoms with Gasteiger partial charge in [0.1, 0.15) is 5.01 Å². The molecule has 2 aromatic rings. The zero-order valence-electron chi connectivity index (χ0n) is 14.3. The van der Waals surface area contributed by atoms with Gasteiger partial charge in [-0.15, -0.1) is 35.3 Å². The number of aromatic nitrogens is 1. The maximum absolute atomic E-state index is 5.24. The highest BCUT2D eigenvalue weighted by molar-refractivity contribution is 14.0. The Balaban J connectivity index is 0.00000288. The second-order valence-electron chi connectivity index (χ2n) is 5.12. The first-order valence-electron chi connectivity index (χ1n) is 7.72. The summed E-state index contributed by atoms with van der Waals surface area (Å²) in [6.45, 7) is 6.85. The van der Waals surface area contributed by atoms with Crippen LogP contribution in [0, 0.1) is 6.92 Å². The molecule has 0 spiro atoms. The first kappa shape index (κ1) is 20.9. The number of thiazole rings is 1. The molecule has 0 aliphatic carbocycles. The first-order chi connectivity index (χ1) is 11.2. The zero-order valence-corrected chi connectivity index (χ0v) is 17.5. The third-order valence-corrected chi connectivity index (χ3v) is 4.16. The van der Waals surface area contributed by atoms with Gasteiger partial charge in [-0.1, -0.05) is 24.3 Å². The average molecular weight is 460 g/mol. The molecule has 0 atom stereocenters. The third-order valence-electron chi connectivity index (χ3n) is 3.25.